The lowest BCUT2D eigenvalue weighted by molar-refractivity contribution is 0.191. The molecule has 0 aliphatic heterocycles. The molecule has 0 amide bonds. The first kappa shape index (κ1) is 15.8. The van der Waals surface area contributed by atoms with Crippen LogP contribution in [0.2, 0.25) is 10.0 Å². The van der Waals surface area contributed by atoms with E-state index in [1.807, 2.05) is 22.6 Å². The van der Waals surface area contributed by atoms with Crippen molar-refractivity contribution in [2.24, 2.45) is 0 Å². The fraction of sp³-hybridized carbons (Fsp3) is 0.143. The van der Waals surface area contributed by atoms with Gasteiger partial charge in [0.2, 0.25) is 0 Å². The zero-order valence-corrected chi connectivity index (χ0v) is 13.9. The van der Waals surface area contributed by atoms with Gasteiger partial charge in [-0.25, -0.2) is 4.39 Å². The summed E-state index contributed by atoms with van der Waals surface area (Å²) < 4.78 is 13.7. The van der Waals surface area contributed by atoms with Crippen LogP contribution in [0.1, 0.15) is 11.7 Å². The third kappa shape index (κ3) is 3.97. The molecular weight excluding hydrogens is 415 g/mol. The Kier molecular flexibility index (Phi) is 5.49. The Morgan fingerprint density at radius 2 is 1.95 bits per heavy atom. The highest BCUT2D eigenvalue weighted by atomic mass is 127. The highest BCUT2D eigenvalue weighted by Crippen LogP contribution is 2.27. The Balaban J connectivity index is 2.08. The van der Waals surface area contributed by atoms with Gasteiger partial charge in [-0.2, -0.15) is 0 Å². The maximum absolute atomic E-state index is 13.0. The molecule has 0 fully saturated rings. The van der Waals surface area contributed by atoms with E-state index in [-0.39, 0.29) is 12.4 Å². The zero-order valence-electron chi connectivity index (χ0n) is 10.2. The molecule has 1 unspecified atom stereocenters. The molecule has 0 bridgehead atoms. The third-order valence-electron chi connectivity index (χ3n) is 2.73. The summed E-state index contributed by atoms with van der Waals surface area (Å²) in [5.74, 6) is -0.293. The molecule has 0 saturated carbocycles. The van der Waals surface area contributed by atoms with Gasteiger partial charge in [-0.15, -0.1) is 0 Å². The van der Waals surface area contributed by atoms with Gasteiger partial charge >= 0.3 is 0 Å². The summed E-state index contributed by atoms with van der Waals surface area (Å²) in [5, 5.41) is 14.2. The van der Waals surface area contributed by atoms with Crippen LogP contribution >= 0.6 is 45.8 Å². The first-order valence-electron chi connectivity index (χ1n) is 5.79. The molecule has 20 heavy (non-hydrogen) atoms. The van der Waals surface area contributed by atoms with Crippen molar-refractivity contribution in [2.45, 2.75) is 6.10 Å². The highest BCUT2D eigenvalue weighted by Gasteiger charge is 2.12. The van der Waals surface area contributed by atoms with Crippen molar-refractivity contribution in [1.29, 1.82) is 0 Å². The largest absolute Gasteiger partial charge is 0.387 e. The van der Waals surface area contributed by atoms with Gasteiger partial charge in [-0.3, -0.25) is 0 Å². The van der Waals surface area contributed by atoms with E-state index in [1.54, 1.807) is 24.3 Å². The van der Waals surface area contributed by atoms with Gasteiger partial charge in [0.05, 0.1) is 6.10 Å². The summed E-state index contributed by atoms with van der Waals surface area (Å²) in [6, 6.07) is 9.35. The molecule has 106 valence electrons. The lowest BCUT2D eigenvalue weighted by Gasteiger charge is -2.15. The lowest BCUT2D eigenvalue weighted by atomic mass is 10.1. The number of aliphatic hydroxyl groups excluding tert-OH is 1. The van der Waals surface area contributed by atoms with Gasteiger partial charge < -0.3 is 10.4 Å². The number of hydrogen-bond acceptors (Lipinski definition) is 2. The van der Waals surface area contributed by atoms with Crippen molar-refractivity contribution < 1.29 is 9.50 Å². The minimum atomic E-state index is -0.804. The second-order valence-electron chi connectivity index (χ2n) is 4.19. The second kappa shape index (κ2) is 6.93. The Labute approximate surface area is 140 Å². The molecule has 2 rings (SSSR count). The van der Waals surface area contributed by atoms with E-state index in [0.717, 1.165) is 9.26 Å². The van der Waals surface area contributed by atoms with Gasteiger partial charge in [0.25, 0.3) is 0 Å². The standard InChI is InChI=1S/C14H11Cl2FINO/c15-8-1-3-11(16)10(5-8)14(20)7-19-13-4-2-9(17)6-12(13)18/h1-6,14,19-20H,7H2. The maximum atomic E-state index is 13.0. The van der Waals surface area contributed by atoms with Crippen LogP contribution in [0, 0.1) is 9.39 Å². The van der Waals surface area contributed by atoms with Crippen LogP contribution in [0.15, 0.2) is 36.4 Å². The average molecular weight is 426 g/mol. The average Bonchev–Trinajstić information content (AvgIpc) is 2.40. The molecule has 0 aromatic heterocycles. The summed E-state index contributed by atoms with van der Waals surface area (Å²) in [6.07, 6.45) is -0.804. The molecule has 2 nitrogen and oxygen atoms in total. The predicted molar refractivity (Wildman–Crippen MR) is 89.0 cm³/mol. The number of benzene rings is 2. The summed E-state index contributed by atoms with van der Waals surface area (Å²) >= 11 is 13.9. The van der Waals surface area contributed by atoms with Crippen LogP contribution in [0.4, 0.5) is 10.1 Å². The number of nitrogens with one attached hydrogen (secondary N) is 1. The molecule has 6 heteroatoms. The van der Waals surface area contributed by atoms with Crippen molar-refractivity contribution in [3.05, 3.63) is 61.4 Å². The van der Waals surface area contributed by atoms with E-state index in [2.05, 4.69) is 5.32 Å². The van der Waals surface area contributed by atoms with Crippen molar-refractivity contribution >= 4 is 51.5 Å². The third-order valence-corrected chi connectivity index (χ3v) is 4.21. The quantitative estimate of drug-likeness (QED) is 0.684. The Morgan fingerprint density at radius 1 is 1.20 bits per heavy atom. The molecule has 0 spiro atoms. The SMILES string of the molecule is OC(CNc1ccc(F)cc1I)c1cc(Cl)ccc1Cl. The molecule has 0 heterocycles. The minimum Gasteiger partial charge on any atom is -0.387 e. The molecule has 1 atom stereocenters. The van der Waals surface area contributed by atoms with Crippen LogP contribution in [-0.2, 0) is 0 Å². The van der Waals surface area contributed by atoms with Crippen molar-refractivity contribution in [3.8, 4) is 0 Å². The van der Waals surface area contributed by atoms with Gasteiger partial charge in [0, 0.05) is 31.4 Å². The van der Waals surface area contributed by atoms with E-state index in [9.17, 15) is 9.50 Å². The second-order valence-corrected chi connectivity index (χ2v) is 6.19. The monoisotopic (exact) mass is 425 g/mol. The van der Waals surface area contributed by atoms with Crippen LogP contribution in [0.25, 0.3) is 0 Å². The van der Waals surface area contributed by atoms with Crippen LogP contribution < -0.4 is 5.32 Å². The summed E-state index contributed by atoms with van der Waals surface area (Å²) in [6.45, 7) is 0.252. The van der Waals surface area contributed by atoms with Gasteiger partial charge in [-0.1, -0.05) is 23.2 Å². The van der Waals surface area contributed by atoms with Crippen molar-refractivity contribution in [3.63, 3.8) is 0 Å². The molecule has 0 aliphatic rings. The number of rotatable bonds is 4. The summed E-state index contributed by atoms with van der Waals surface area (Å²) in [4.78, 5) is 0. The van der Waals surface area contributed by atoms with E-state index < -0.39 is 6.10 Å². The van der Waals surface area contributed by atoms with Crippen LogP contribution in [0.3, 0.4) is 0 Å². The fourth-order valence-electron chi connectivity index (χ4n) is 1.72. The fourth-order valence-corrected chi connectivity index (χ4v) is 2.81. The molecule has 2 aromatic carbocycles. The van der Waals surface area contributed by atoms with Crippen molar-refractivity contribution in [1.82, 2.24) is 0 Å². The highest BCUT2D eigenvalue weighted by molar-refractivity contribution is 14.1. The normalized spacial score (nSPS) is 12.2. The first-order valence-corrected chi connectivity index (χ1v) is 7.63. The van der Waals surface area contributed by atoms with E-state index in [4.69, 9.17) is 23.2 Å². The maximum Gasteiger partial charge on any atom is 0.124 e. The van der Waals surface area contributed by atoms with Crippen LogP contribution in [-0.4, -0.2) is 11.7 Å². The Hall–Kier alpha value is -0.560. The number of halogens is 4. The molecular formula is C14H11Cl2FINO. The molecule has 0 saturated heterocycles. The van der Waals surface area contributed by atoms with E-state index in [0.29, 0.717) is 15.6 Å². The van der Waals surface area contributed by atoms with Gasteiger partial charge in [-0.05, 0) is 59.0 Å². The zero-order chi connectivity index (χ0) is 14.7. The number of aliphatic hydroxyl groups is 1. The van der Waals surface area contributed by atoms with E-state index in [1.165, 1.54) is 12.1 Å². The summed E-state index contributed by atoms with van der Waals surface area (Å²) in [5.41, 5.74) is 1.31. The number of anilines is 1. The molecule has 0 radical (unpaired) electrons. The Morgan fingerprint density at radius 3 is 2.65 bits per heavy atom. The molecule has 0 aliphatic carbocycles. The number of hydrogen-bond donors (Lipinski definition) is 2. The topological polar surface area (TPSA) is 32.3 Å². The van der Waals surface area contributed by atoms with Crippen LogP contribution in [0.5, 0.6) is 0 Å². The minimum absolute atomic E-state index is 0.252. The summed E-state index contributed by atoms with van der Waals surface area (Å²) in [7, 11) is 0. The van der Waals surface area contributed by atoms with Gasteiger partial charge in [0.15, 0.2) is 0 Å². The van der Waals surface area contributed by atoms with Crippen molar-refractivity contribution in [2.75, 3.05) is 11.9 Å². The molecule has 2 aromatic rings. The lowest BCUT2D eigenvalue weighted by Crippen LogP contribution is -2.13. The Bertz CT molecular complexity index is 624. The first-order chi connectivity index (χ1) is 9.47. The van der Waals surface area contributed by atoms with E-state index >= 15 is 0 Å². The predicted octanol–water partition coefficient (Wildman–Crippen LogP) is 4.88. The van der Waals surface area contributed by atoms with Gasteiger partial charge in [0.1, 0.15) is 5.82 Å². The smallest absolute Gasteiger partial charge is 0.124 e. The molecule has 2 N–H and O–H groups in total.